The summed E-state index contributed by atoms with van der Waals surface area (Å²) in [7, 11) is 0. The third-order valence-electron chi connectivity index (χ3n) is 6.23. The molecule has 0 bridgehead atoms. The summed E-state index contributed by atoms with van der Waals surface area (Å²) < 4.78 is 0. The van der Waals surface area contributed by atoms with Crippen molar-refractivity contribution >= 4 is 33.5 Å². The molecule has 8 nitrogen and oxygen atoms in total. The second kappa shape index (κ2) is 6.98. The van der Waals surface area contributed by atoms with Gasteiger partial charge >= 0.3 is 6.03 Å². The number of carbonyl (C=O) groups is 2. The van der Waals surface area contributed by atoms with E-state index in [9.17, 15) is 9.59 Å². The van der Waals surface area contributed by atoms with Gasteiger partial charge in [0.25, 0.3) is 5.91 Å². The van der Waals surface area contributed by atoms with E-state index in [2.05, 4.69) is 15.1 Å². The molecule has 0 unspecified atom stereocenters. The maximum absolute atomic E-state index is 13.5. The quantitative estimate of drug-likeness (QED) is 0.758. The number of urea groups is 1. The van der Waals surface area contributed by atoms with Crippen molar-refractivity contribution in [2.24, 2.45) is 5.92 Å². The third-order valence-corrected chi connectivity index (χ3v) is 7.05. The lowest BCUT2D eigenvalue weighted by atomic mass is 9.85. The second-order valence-corrected chi connectivity index (χ2v) is 9.14. The summed E-state index contributed by atoms with van der Waals surface area (Å²) in [6.45, 7) is 2.31. The zero-order valence-electron chi connectivity index (χ0n) is 16.2. The monoisotopic (exact) mass is 412 g/mol. The van der Waals surface area contributed by atoms with Crippen LogP contribution in [0.15, 0.2) is 30.3 Å². The highest BCUT2D eigenvalue weighted by Crippen LogP contribution is 2.41. The van der Waals surface area contributed by atoms with Gasteiger partial charge in [-0.2, -0.15) is 0 Å². The Hall–Kier alpha value is -2.68. The number of rotatable bonds is 5. The summed E-state index contributed by atoms with van der Waals surface area (Å²) in [6, 6.07) is 9.77. The molecular formula is C20H24N6O2S. The minimum atomic E-state index is -0.769. The number of hydrogen-bond donors (Lipinski definition) is 1. The largest absolute Gasteiger partial charge is 0.374 e. The van der Waals surface area contributed by atoms with E-state index in [4.69, 9.17) is 5.73 Å². The van der Waals surface area contributed by atoms with E-state index in [1.807, 2.05) is 35.2 Å². The molecule has 1 spiro atoms. The highest BCUT2D eigenvalue weighted by Gasteiger charge is 2.58. The third kappa shape index (κ3) is 3.23. The van der Waals surface area contributed by atoms with Gasteiger partial charge in [0.2, 0.25) is 10.3 Å². The van der Waals surface area contributed by atoms with Crippen molar-refractivity contribution in [2.45, 2.75) is 37.8 Å². The van der Waals surface area contributed by atoms with Crippen LogP contribution in [0.1, 0.15) is 31.2 Å². The van der Waals surface area contributed by atoms with Gasteiger partial charge in [-0.25, -0.2) is 4.79 Å². The smallest absolute Gasteiger partial charge is 0.327 e. The van der Waals surface area contributed by atoms with Crippen LogP contribution in [0, 0.1) is 5.92 Å². The van der Waals surface area contributed by atoms with Gasteiger partial charge in [-0.3, -0.25) is 9.69 Å². The maximum atomic E-state index is 13.5. The van der Waals surface area contributed by atoms with Crippen molar-refractivity contribution in [3.63, 3.8) is 0 Å². The second-order valence-electron chi connectivity index (χ2n) is 8.15. The van der Waals surface area contributed by atoms with E-state index in [1.165, 1.54) is 16.2 Å². The summed E-state index contributed by atoms with van der Waals surface area (Å²) in [6.07, 6.45) is 3.39. The van der Waals surface area contributed by atoms with Crippen molar-refractivity contribution in [1.29, 1.82) is 0 Å². The standard InChI is InChI=1S/C20H24N6O2S/c21-17-22-23-18(29-17)24-10-8-20(9-11-24)16(27)25(12-15-6-7-15)19(28)26(20)13-14-4-2-1-3-5-14/h1-5,15H,6-13H2,(H2,21,22). The van der Waals surface area contributed by atoms with Crippen molar-refractivity contribution in [3.05, 3.63) is 35.9 Å². The number of nitrogens with zero attached hydrogens (tertiary/aromatic N) is 5. The zero-order chi connectivity index (χ0) is 20.0. The van der Waals surface area contributed by atoms with Gasteiger partial charge < -0.3 is 15.5 Å². The number of aromatic nitrogens is 2. The predicted molar refractivity (Wildman–Crippen MR) is 110 cm³/mol. The fraction of sp³-hybridized carbons (Fsp3) is 0.500. The first-order valence-electron chi connectivity index (χ1n) is 10.1. The molecule has 152 valence electrons. The SMILES string of the molecule is Nc1nnc(N2CCC3(CC2)C(=O)N(CC2CC2)C(=O)N3Cc2ccccc2)s1. The highest BCUT2D eigenvalue weighted by molar-refractivity contribution is 7.18. The number of hydrogen-bond acceptors (Lipinski definition) is 7. The van der Waals surface area contributed by atoms with Crippen LogP contribution in [0.25, 0.3) is 0 Å². The minimum absolute atomic E-state index is 0.0261. The summed E-state index contributed by atoms with van der Waals surface area (Å²) >= 11 is 1.35. The van der Waals surface area contributed by atoms with Crippen LogP contribution in [0.4, 0.5) is 15.1 Å². The summed E-state index contributed by atoms with van der Waals surface area (Å²) in [5.74, 6) is 0.447. The molecule has 2 N–H and O–H groups in total. The Morgan fingerprint density at radius 3 is 2.45 bits per heavy atom. The van der Waals surface area contributed by atoms with Crippen molar-refractivity contribution in [2.75, 3.05) is 30.3 Å². The van der Waals surface area contributed by atoms with Crippen molar-refractivity contribution < 1.29 is 9.59 Å². The van der Waals surface area contributed by atoms with Crippen LogP contribution in [-0.4, -0.2) is 57.1 Å². The van der Waals surface area contributed by atoms with Gasteiger partial charge in [0.15, 0.2) is 0 Å². The lowest BCUT2D eigenvalue weighted by Gasteiger charge is -2.42. The van der Waals surface area contributed by atoms with Crippen molar-refractivity contribution in [3.8, 4) is 0 Å². The van der Waals surface area contributed by atoms with Gasteiger partial charge in [-0.1, -0.05) is 41.7 Å². The number of nitrogen functional groups attached to an aromatic ring is 1. The van der Waals surface area contributed by atoms with Crippen LogP contribution in [-0.2, 0) is 11.3 Å². The number of anilines is 2. The average Bonchev–Trinajstić information content (AvgIpc) is 3.44. The first-order chi connectivity index (χ1) is 14.1. The molecule has 5 rings (SSSR count). The molecule has 0 radical (unpaired) electrons. The molecule has 3 fully saturated rings. The number of carbonyl (C=O) groups excluding carboxylic acids is 2. The number of benzene rings is 1. The van der Waals surface area contributed by atoms with E-state index < -0.39 is 5.54 Å². The van der Waals surface area contributed by atoms with Gasteiger partial charge in [-0.15, -0.1) is 10.2 Å². The molecule has 2 aliphatic heterocycles. The highest BCUT2D eigenvalue weighted by atomic mass is 32.1. The molecule has 3 aliphatic rings. The lowest BCUT2D eigenvalue weighted by molar-refractivity contribution is -0.134. The predicted octanol–water partition coefficient (Wildman–Crippen LogP) is 2.33. The minimum Gasteiger partial charge on any atom is -0.374 e. The van der Waals surface area contributed by atoms with Gasteiger partial charge in [-0.05, 0) is 37.2 Å². The summed E-state index contributed by atoms with van der Waals surface area (Å²) in [5, 5.41) is 9.24. The first kappa shape index (κ1) is 18.4. The van der Waals surface area contributed by atoms with Crippen LogP contribution in [0.2, 0.25) is 0 Å². The maximum Gasteiger partial charge on any atom is 0.327 e. The fourth-order valence-electron chi connectivity index (χ4n) is 4.39. The molecule has 0 atom stereocenters. The normalized spacial score (nSPS) is 21.4. The van der Waals surface area contributed by atoms with E-state index in [1.54, 1.807) is 0 Å². The summed E-state index contributed by atoms with van der Waals surface area (Å²) in [4.78, 5) is 32.2. The Bertz CT molecular complexity index is 920. The van der Waals surface area contributed by atoms with E-state index >= 15 is 0 Å². The van der Waals surface area contributed by atoms with E-state index in [-0.39, 0.29) is 11.9 Å². The Morgan fingerprint density at radius 1 is 1.10 bits per heavy atom. The molecule has 1 saturated carbocycles. The van der Waals surface area contributed by atoms with E-state index in [0.717, 1.165) is 23.5 Å². The number of amides is 3. The Balaban J connectivity index is 1.41. The average molecular weight is 413 g/mol. The number of nitrogens with two attached hydrogens (primary N) is 1. The molecule has 1 aromatic heterocycles. The fourth-order valence-corrected chi connectivity index (χ4v) is 5.05. The molecule has 1 aliphatic carbocycles. The molecule has 3 heterocycles. The van der Waals surface area contributed by atoms with Gasteiger partial charge in [0.1, 0.15) is 5.54 Å². The molecule has 2 saturated heterocycles. The molecule has 3 amide bonds. The van der Waals surface area contributed by atoms with Gasteiger partial charge in [0, 0.05) is 26.2 Å². The van der Waals surface area contributed by atoms with Crippen LogP contribution in [0.3, 0.4) is 0 Å². The first-order valence-corrected chi connectivity index (χ1v) is 10.9. The van der Waals surface area contributed by atoms with E-state index in [0.29, 0.717) is 50.1 Å². The lowest BCUT2D eigenvalue weighted by Crippen LogP contribution is -2.56. The Morgan fingerprint density at radius 2 is 1.83 bits per heavy atom. The number of piperidine rings is 1. The molecular weight excluding hydrogens is 388 g/mol. The van der Waals surface area contributed by atoms with Crippen LogP contribution in [0.5, 0.6) is 0 Å². The Labute approximate surface area is 173 Å². The number of imide groups is 1. The molecule has 1 aromatic carbocycles. The van der Waals surface area contributed by atoms with Crippen molar-refractivity contribution in [1.82, 2.24) is 20.0 Å². The Kier molecular flexibility index (Phi) is 4.42. The van der Waals surface area contributed by atoms with Gasteiger partial charge in [0.05, 0.1) is 0 Å². The molecule has 29 heavy (non-hydrogen) atoms. The molecule has 2 aromatic rings. The molecule has 9 heteroatoms. The van der Waals surface area contributed by atoms with Crippen LogP contribution >= 0.6 is 11.3 Å². The van der Waals surface area contributed by atoms with Crippen LogP contribution < -0.4 is 10.6 Å². The summed E-state index contributed by atoms with van der Waals surface area (Å²) in [5.41, 5.74) is 6.00. The zero-order valence-corrected chi connectivity index (χ0v) is 17.0. The topological polar surface area (TPSA) is 95.7 Å².